The normalized spacial score (nSPS) is 3.95. The average Bonchev–Trinajstić information content (AvgIpc) is 1.54. The molecule has 0 fully saturated rings. The van der Waals surface area contributed by atoms with Crippen LogP contribution in [0.3, 0.4) is 0 Å². The Morgan fingerprint density at radius 2 is 0.526 bits per heavy atom. The Bertz CT molecular complexity index is 120. The van der Waals surface area contributed by atoms with E-state index in [0.717, 1.165) is 20.8 Å². The number of carbonyl (C=O) groups excluding carboxylic acids is 3. The van der Waals surface area contributed by atoms with Gasteiger partial charge >= 0.3 is 17.4 Å². The quantitative estimate of drug-likeness (QED) is 0.390. The van der Waals surface area contributed by atoms with Crippen LogP contribution in [0.1, 0.15) is 20.8 Å². The molecule has 0 aliphatic rings. The maximum absolute atomic E-state index is 8.89. The first kappa shape index (κ1) is 83.2. The molecular weight excluding hydrogens is 291 g/mol. The maximum atomic E-state index is 8.89. The van der Waals surface area contributed by atoms with Crippen molar-refractivity contribution in [3.63, 3.8) is 0 Å². The van der Waals surface area contributed by atoms with E-state index in [1.165, 1.54) is 0 Å². The van der Waals surface area contributed by atoms with Gasteiger partial charge < -0.3 is 62.6 Å². The molecule has 0 bridgehead atoms. The molecule has 0 aromatic rings. The third-order valence-electron chi connectivity index (χ3n) is 0. The third kappa shape index (κ3) is 2140. The molecule has 0 aliphatic carbocycles. The molecule has 120 valence electrons. The van der Waals surface area contributed by atoms with Gasteiger partial charge in [0.15, 0.2) is 0 Å². The van der Waals surface area contributed by atoms with Gasteiger partial charge in [-0.15, -0.1) is 0 Å². The van der Waals surface area contributed by atoms with Gasteiger partial charge in [0, 0.05) is 17.9 Å². The summed E-state index contributed by atoms with van der Waals surface area (Å²) >= 11 is 0. The minimum Gasteiger partial charge on any atom is -0.550 e. The van der Waals surface area contributed by atoms with Crippen molar-refractivity contribution < 1.29 is 62.6 Å². The zero-order valence-corrected chi connectivity index (χ0v) is 11.7. The fourth-order valence-corrected chi connectivity index (χ4v) is 0. The Balaban J connectivity index is -0.00000000675. The van der Waals surface area contributed by atoms with Crippen LogP contribution < -0.4 is 15.3 Å². The summed E-state index contributed by atoms with van der Waals surface area (Å²) in [4.78, 5) is 26.7. The van der Waals surface area contributed by atoms with Crippen LogP contribution in [0.2, 0.25) is 0 Å². The van der Waals surface area contributed by atoms with Crippen LogP contribution in [0.4, 0.5) is 0 Å². The van der Waals surface area contributed by atoms with E-state index in [1.807, 2.05) is 0 Å². The van der Waals surface area contributed by atoms with Gasteiger partial charge in [-0.1, -0.05) is 0 Å². The minimum absolute atomic E-state index is 0. The first-order valence-corrected chi connectivity index (χ1v) is 2.72. The summed E-state index contributed by atoms with van der Waals surface area (Å²) in [6.07, 6.45) is 0. The number of aliphatic carboxylic acids is 3. The average molecular weight is 312 g/mol. The van der Waals surface area contributed by atoms with Crippen LogP contribution >= 0.6 is 0 Å². The summed E-state index contributed by atoms with van der Waals surface area (Å²) in [5, 5.41) is 26.7. The molecule has 12 nitrogen and oxygen atoms in total. The van der Waals surface area contributed by atoms with Gasteiger partial charge in [0.05, 0.1) is 0 Å². The molecule has 0 aromatic heterocycles. The first-order valence-electron chi connectivity index (χ1n) is 2.72. The second kappa shape index (κ2) is 69.4. The van der Waals surface area contributed by atoms with E-state index in [2.05, 4.69) is 0 Å². The number of hydrogen-bond acceptors (Lipinski definition) is 6. The fraction of sp³-hybridized carbons (Fsp3) is 0.500. The number of carbonyl (C=O) groups is 3. The van der Waals surface area contributed by atoms with Gasteiger partial charge in [0.2, 0.25) is 0 Å². The Hall–Kier alpha value is -1.30. The van der Waals surface area contributed by atoms with Crippen LogP contribution in [0.25, 0.3) is 0 Å². The van der Waals surface area contributed by atoms with E-state index in [-0.39, 0.29) is 50.2 Å². The third-order valence-corrected chi connectivity index (χ3v) is 0. The Kier molecular flexibility index (Phi) is 304. The van der Waals surface area contributed by atoms with Crippen molar-refractivity contribution in [2.24, 2.45) is 0 Å². The Morgan fingerprint density at radius 1 is 0.526 bits per heavy atom. The first-order chi connectivity index (χ1) is 5.20. The molecule has 0 spiro atoms. The molecule has 0 amide bonds. The SMILES string of the molecule is CC(=O)[O-].CC(=O)[O-].CC(=O)[O-].O.O.O.O.O.O.[Al+3]. The molecule has 0 rings (SSSR count). The summed E-state index contributed by atoms with van der Waals surface area (Å²) in [7, 11) is 0. The molecule has 19 heavy (non-hydrogen) atoms. The van der Waals surface area contributed by atoms with E-state index in [0.29, 0.717) is 0 Å². The van der Waals surface area contributed by atoms with E-state index >= 15 is 0 Å². The number of rotatable bonds is 0. The van der Waals surface area contributed by atoms with Gasteiger partial charge in [-0.2, -0.15) is 0 Å². The van der Waals surface area contributed by atoms with Crippen LogP contribution in [-0.2, 0) is 14.4 Å². The predicted octanol–water partition coefficient (Wildman–Crippen LogP) is -9.06. The Morgan fingerprint density at radius 3 is 0.526 bits per heavy atom. The molecule has 0 saturated carbocycles. The zero-order valence-electron chi connectivity index (χ0n) is 10.5. The smallest absolute Gasteiger partial charge is 0.550 e. The van der Waals surface area contributed by atoms with Crippen molar-refractivity contribution in [3.8, 4) is 0 Å². The zero-order chi connectivity index (χ0) is 10.7. The van der Waals surface area contributed by atoms with Crippen molar-refractivity contribution >= 4 is 35.3 Å². The molecule has 0 unspecified atom stereocenters. The van der Waals surface area contributed by atoms with Crippen LogP contribution in [0, 0.1) is 0 Å². The van der Waals surface area contributed by atoms with Gasteiger partial charge in [0.1, 0.15) is 0 Å². The molecule has 0 saturated heterocycles. The summed E-state index contributed by atoms with van der Waals surface area (Å²) in [5.41, 5.74) is 0. The predicted molar refractivity (Wildman–Crippen MR) is 59.5 cm³/mol. The molecule has 0 aromatic carbocycles. The van der Waals surface area contributed by atoms with Gasteiger partial charge in [0.25, 0.3) is 0 Å². The van der Waals surface area contributed by atoms with E-state index in [9.17, 15) is 0 Å². The molecule has 12 N–H and O–H groups in total. The topological polar surface area (TPSA) is 309 Å². The molecule has 0 radical (unpaired) electrons. The van der Waals surface area contributed by atoms with Crippen molar-refractivity contribution in [2.75, 3.05) is 0 Å². The molecular formula is C6H21AlO12. The number of carboxylic acids is 3. The summed E-state index contributed by atoms with van der Waals surface area (Å²) in [6, 6.07) is 0. The number of hydrogen-bond donors (Lipinski definition) is 0. The van der Waals surface area contributed by atoms with Crippen LogP contribution in [0.5, 0.6) is 0 Å². The van der Waals surface area contributed by atoms with Crippen LogP contribution in [0.15, 0.2) is 0 Å². The van der Waals surface area contributed by atoms with E-state index in [4.69, 9.17) is 29.7 Å². The fourth-order valence-electron chi connectivity index (χ4n) is 0. The van der Waals surface area contributed by atoms with Gasteiger partial charge in [-0.3, -0.25) is 0 Å². The van der Waals surface area contributed by atoms with Crippen molar-refractivity contribution in [3.05, 3.63) is 0 Å². The van der Waals surface area contributed by atoms with Crippen molar-refractivity contribution in [1.29, 1.82) is 0 Å². The summed E-state index contributed by atoms with van der Waals surface area (Å²) in [6.45, 7) is 2.92. The second-order valence-electron chi connectivity index (χ2n) is 1.47. The molecule has 13 heteroatoms. The molecule has 0 atom stereocenters. The second-order valence-corrected chi connectivity index (χ2v) is 1.47. The standard InChI is InChI=1S/3C2H4O2.Al.6H2O/c3*1-2(3)4;;;;;;;/h3*1H3,(H,3,4);;6*1H2/q;;;+3;;;;;;/p-3. The van der Waals surface area contributed by atoms with E-state index < -0.39 is 17.9 Å². The van der Waals surface area contributed by atoms with Crippen LogP contribution in [-0.4, -0.2) is 68.1 Å². The molecule has 0 heterocycles. The van der Waals surface area contributed by atoms with E-state index in [1.54, 1.807) is 0 Å². The van der Waals surface area contributed by atoms with Crippen molar-refractivity contribution in [1.82, 2.24) is 0 Å². The monoisotopic (exact) mass is 312 g/mol. The minimum atomic E-state index is -1.08. The summed E-state index contributed by atoms with van der Waals surface area (Å²) in [5.74, 6) is -3.25. The number of carboxylic acid groups (broad SMARTS) is 3. The largest absolute Gasteiger partial charge is 3.00 e. The van der Waals surface area contributed by atoms with Gasteiger partial charge in [-0.25, -0.2) is 0 Å². The maximum Gasteiger partial charge on any atom is 3.00 e. The van der Waals surface area contributed by atoms with Gasteiger partial charge in [-0.05, 0) is 20.8 Å². The summed E-state index contributed by atoms with van der Waals surface area (Å²) < 4.78 is 0. The molecule has 0 aliphatic heterocycles. The Labute approximate surface area is 119 Å². The van der Waals surface area contributed by atoms with Crippen molar-refractivity contribution in [2.45, 2.75) is 20.8 Å².